The zero-order valence-corrected chi connectivity index (χ0v) is 31.2. The van der Waals surface area contributed by atoms with Crippen molar-refractivity contribution in [1.82, 2.24) is 15.1 Å². The zero-order chi connectivity index (χ0) is 37.6. The van der Waals surface area contributed by atoms with Crippen molar-refractivity contribution in [3.05, 3.63) is 129 Å². The van der Waals surface area contributed by atoms with Crippen molar-refractivity contribution in [3.8, 4) is 5.75 Å². The minimum absolute atomic E-state index is 0.116. The number of carbonyl (C=O) groups is 4. The van der Waals surface area contributed by atoms with Gasteiger partial charge in [-0.15, -0.1) is 0 Å². The van der Waals surface area contributed by atoms with E-state index in [0.717, 1.165) is 73.9 Å². The first-order valence-corrected chi connectivity index (χ1v) is 20.1. The predicted molar refractivity (Wildman–Crippen MR) is 210 cm³/mol. The van der Waals surface area contributed by atoms with Gasteiger partial charge in [-0.2, -0.15) is 0 Å². The first-order chi connectivity index (χ1) is 26.8. The largest absolute Gasteiger partial charge is 0.508 e. The number of nitrogens with zero attached hydrogens (tertiary/aromatic N) is 3. The quantitative estimate of drug-likeness (QED) is 0.140. The maximum absolute atomic E-state index is 13.3. The lowest BCUT2D eigenvalue weighted by molar-refractivity contribution is -0.136. The molecule has 0 radical (unpaired) electrons. The lowest BCUT2D eigenvalue weighted by atomic mass is 9.69. The van der Waals surface area contributed by atoms with Gasteiger partial charge >= 0.3 is 0 Å². The van der Waals surface area contributed by atoms with Crippen molar-refractivity contribution in [2.45, 2.75) is 88.8 Å². The summed E-state index contributed by atoms with van der Waals surface area (Å²) in [7, 11) is 0. The topological polar surface area (TPSA) is 110 Å². The van der Waals surface area contributed by atoms with Crippen LogP contribution in [0, 0.1) is 5.92 Å². The van der Waals surface area contributed by atoms with E-state index in [1.54, 1.807) is 0 Å². The molecule has 3 unspecified atom stereocenters. The summed E-state index contributed by atoms with van der Waals surface area (Å²) in [6.07, 6.45) is 8.26. The smallest absolute Gasteiger partial charge is 0.262 e. The highest BCUT2D eigenvalue weighted by Crippen LogP contribution is 2.47. The molecule has 55 heavy (non-hydrogen) atoms. The molecular weight excluding hydrogens is 689 g/mol. The van der Waals surface area contributed by atoms with Gasteiger partial charge in [0.25, 0.3) is 11.8 Å². The van der Waals surface area contributed by atoms with E-state index in [1.807, 2.05) is 24.3 Å². The SMILES string of the molecule is O=C1CCC(N2C(=O)c3cc4c(cc3C2=O)CN(CCCCC2CCN(c3ccc(C5c6ccc(O)cc6CCC5c5ccccc5)cc3)CC2)C4)C(=O)N1. The van der Waals surface area contributed by atoms with Crippen LogP contribution < -0.4 is 10.2 Å². The summed E-state index contributed by atoms with van der Waals surface area (Å²) in [4.78, 5) is 56.6. The molecule has 4 aromatic carbocycles. The number of aryl methyl sites for hydroxylation is 1. The lowest BCUT2D eigenvalue weighted by Crippen LogP contribution is -2.54. The molecular formula is C46H48N4O5. The summed E-state index contributed by atoms with van der Waals surface area (Å²) in [6.45, 7) is 4.64. The number of phenols is 1. The van der Waals surface area contributed by atoms with E-state index >= 15 is 0 Å². The fraction of sp³-hybridized carbons (Fsp3) is 0.391. The van der Waals surface area contributed by atoms with E-state index in [4.69, 9.17) is 0 Å². The van der Waals surface area contributed by atoms with Crippen molar-refractivity contribution in [2.24, 2.45) is 5.92 Å². The van der Waals surface area contributed by atoms with Gasteiger partial charge in [-0.3, -0.25) is 34.3 Å². The predicted octanol–water partition coefficient (Wildman–Crippen LogP) is 7.06. The number of piperidine rings is 2. The normalized spacial score (nSPS) is 22.8. The molecule has 1 aliphatic carbocycles. The Morgan fingerprint density at radius 1 is 0.691 bits per heavy atom. The standard InChI is InChI=1S/C46H48N4O5/c51-36-14-16-38-32(24-36)11-15-37(30-7-2-1-3-8-30)43(38)31-9-12-35(13-10-31)49-22-19-29(20-23-49)6-4-5-21-48-27-33-25-39-40(26-34(33)28-48)46(55)50(45(39)54)41-17-18-42(52)47-44(41)53/h1-3,7-10,12-14,16,24-26,29,37,41,43,51H,4-6,11,15,17-23,27-28H2,(H,47,52,53). The number of unbranched alkanes of at least 4 members (excludes halogenated alkanes) is 1. The van der Waals surface area contributed by atoms with Crippen LogP contribution in [0.3, 0.4) is 0 Å². The molecule has 5 aliphatic rings. The number of imide groups is 2. The van der Waals surface area contributed by atoms with E-state index in [1.165, 1.54) is 53.6 Å². The van der Waals surface area contributed by atoms with Crippen LogP contribution in [0.2, 0.25) is 0 Å². The Morgan fingerprint density at radius 3 is 2.09 bits per heavy atom. The van der Waals surface area contributed by atoms with Crippen molar-refractivity contribution in [3.63, 3.8) is 0 Å². The van der Waals surface area contributed by atoms with Crippen LogP contribution in [0.4, 0.5) is 5.69 Å². The summed E-state index contributed by atoms with van der Waals surface area (Å²) in [5.41, 5.74) is 9.48. The number of carbonyl (C=O) groups excluding carboxylic acids is 4. The Labute approximate surface area is 322 Å². The average molecular weight is 737 g/mol. The van der Waals surface area contributed by atoms with E-state index in [-0.39, 0.29) is 24.7 Å². The Balaban J connectivity index is 0.753. The van der Waals surface area contributed by atoms with E-state index in [0.29, 0.717) is 22.8 Å². The molecule has 2 saturated heterocycles. The van der Waals surface area contributed by atoms with E-state index < -0.39 is 23.8 Å². The van der Waals surface area contributed by atoms with Gasteiger partial charge in [0.1, 0.15) is 11.8 Å². The maximum atomic E-state index is 13.3. The molecule has 0 saturated carbocycles. The highest BCUT2D eigenvalue weighted by Gasteiger charge is 2.45. The Morgan fingerprint density at radius 2 is 1.40 bits per heavy atom. The van der Waals surface area contributed by atoms with Gasteiger partial charge in [-0.1, -0.05) is 61.4 Å². The van der Waals surface area contributed by atoms with Gasteiger partial charge in [-0.25, -0.2) is 0 Å². The van der Waals surface area contributed by atoms with Crippen LogP contribution >= 0.6 is 0 Å². The molecule has 3 atom stereocenters. The van der Waals surface area contributed by atoms with Crippen LogP contribution in [0.5, 0.6) is 5.75 Å². The average Bonchev–Trinajstić information content (AvgIpc) is 3.71. The zero-order valence-electron chi connectivity index (χ0n) is 31.2. The van der Waals surface area contributed by atoms with Gasteiger partial charge in [0.05, 0.1) is 11.1 Å². The highest BCUT2D eigenvalue weighted by atomic mass is 16.3. The second kappa shape index (κ2) is 14.8. The Kier molecular flexibility index (Phi) is 9.50. The molecule has 0 spiro atoms. The number of amides is 4. The first-order valence-electron chi connectivity index (χ1n) is 20.1. The number of anilines is 1. The molecule has 9 rings (SSSR count). The van der Waals surface area contributed by atoms with Crippen molar-refractivity contribution in [2.75, 3.05) is 24.5 Å². The van der Waals surface area contributed by atoms with Gasteiger partial charge in [0, 0.05) is 44.2 Å². The summed E-state index contributed by atoms with van der Waals surface area (Å²) in [5.74, 6) is -0.0938. The molecule has 2 N–H and O–H groups in total. The van der Waals surface area contributed by atoms with Crippen LogP contribution in [0.15, 0.2) is 84.9 Å². The van der Waals surface area contributed by atoms with Gasteiger partial charge < -0.3 is 10.0 Å². The summed E-state index contributed by atoms with van der Waals surface area (Å²) in [6, 6.07) is 28.9. The molecule has 4 aromatic rings. The molecule has 2 fully saturated rings. The summed E-state index contributed by atoms with van der Waals surface area (Å²) in [5, 5.41) is 12.5. The van der Waals surface area contributed by atoms with Crippen molar-refractivity contribution >= 4 is 29.3 Å². The fourth-order valence-corrected chi connectivity index (χ4v) is 10.0. The third-order valence-electron chi connectivity index (χ3n) is 12.9. The monoisotopic (exact) mass is 736 g/mol. The number of fused-ring (bicyclic) bond motifs is 3. The van der Waals surface area contributed by atoms with E-state index in [9.17, 15) is 24.3 Å². The highest BCUT2D eigenvalue weighted by molar-refractivity contribution is 6.23. The number of benzene rings is 4. The third-order valence-corrected chi connectivity index (χ3v) is 12.9. The Bertz CT molecular complexity index is 2100. The molecule has 0 aromatic heterocycles. The number of hydrogen-bond donors (Lipinski definition) is 2. The fourth-order valence-electron chi connectivity index (χ4n) is 10.0. The second-order valence-electron chi connectivity index (χ2n) is 16.3. The maximum Gasteiger partial charge on any atom is 0.262 e. The minimum Gasteiger partial charge on any atom is -0.508 e. The number of aromatic hydroxyl groups is 1. The molecule has 9 heteroatoms. The third kappa shape index (κ3) is 6.84. The summed E-state index contributed by atoms with van der Waals surface area (Å²) >= 11 is 0. The van der Waals surface area contributed by atoms with Crippen LogP contribution in [-0.2, 0) is 29.1 Å². The molecule has 0 bridgehead atoms. The Hall–Kier alpha value is -5.28. The van der Waals surface area contributed by atoms with E-state index in [2.05, 4.69) is 75.8 Å². The van der Waals surface area contributed by atoms with Gasteiger partial charge in [0.15, 0.2) is 0 Å². The summed E-state index contributed by atoms with van der Waals surface area (Å²) < 4.78 is 0. The number of phenolic OH excluding ortho intramolecular Hbond substituents is 1. The van der Waals surface area contributed by atoms with Crippen LogP contribution in [0.25, 0.3) is 0 Å². The van der Waals surface area contributed by atoms with Gasteiger partial charge in [-0.05, 0) is 127 Å². The second-order valence-corrected chi connectivity index (χ2v) is 16.3. The molecule has 4 heterocycles. The van der Waals surface area contributed by atoms with Gasteiger partial charge in [0.2, 0.25) is 11.8 Å². The lowest BCUT2D eigenvalue weighted by Gasteiger charge is -2.36. The van der Waals surface area contributed by atoms with Crippen LogP contribution in [0.1, 0.15) is 117 Å². The number of hydrogen-bond acceptors (Lipinski definition) is 7. The number of nitrogens with one attached hydrogen (secondary N) is 1. The van der Waals surface area contributed by atoms with Crippen LogP contribution in [-0.4, -0.2) is 64.2 Å². The minimum atomic E-state index is -0.938. The van der Waals surface area contributed by atoms with Crippen molar-refractivity contribution in [1.29, 1.82) is 0 Å². The molecule has 4 aliphatic heterocycles. The van der Waals surface area contributed by atoms with Crippen molar-refractivity contribution < 1.29 is 24.3 Å². The first kappa shape index (κ1) is 35.4. The molecule has 4 amide bonds. The molecule has 9 nitrogen and oxygen atoms in total. The number of rotatable bonds is 9. The molecule has 282 valence electrons.